The second-order valence-electron chi connectivity index (χ2n) is 9.25. The molecule has 1 aromatic rings. The molecule has 1 aromatic carbocycles. The van der Waals surface area contributed by atoms with Gasteiger partial charge >= 0.3 is 6.18 Å². The van der Waals surface area contributed by atoms with Crippen LogP contribution in [0.4, 0.5) is 13.2 Å². The summed E-state index contributed by atoms with van der Waals surface area (Å²) in [6.45, 7) is 13.7. The highest BCUT2D eigenvalue weighted by atomic mass is 19.4. The van der Waals surface area contributed by atoms with Gasteiger partial charge in [-0.05, 0) is 68.9 Å². The van der Waals surface area contributed by atoms with Gasteiger partial charge in [0.05, 0.1) is 24.3 Å². The van der Waals surface area contributed by atoms with E-state index in [1.807, 2.05) is 78.1 Å². The standard InChI is InChI=1S/C20H28F3N.C9H11NO.C2H6/c1-6-9-16(13-17(10-7-2)20(21,22)23)19(15(3)4)14-18-11-8-12-24(18)5;10-9(6-11-7-9)8-4-2-1-3-5-8;1-2/h6,9-10,13-14H,7-8,11-12H2,1-5H3;1-5H,6-7,10H2;1-2H3/b9-6-,16-13+,17-10-,18-14-;;. The lowest BCUT2D eigenvalue weighted by atomic mass is 9.89. The number of hydrogen-bond donors (Lipinski definition) is 1. The monoisotopic (exact) mass is 518 g/mol. The summed E-state index contributed by atoms with van der Waals surface area (Å²) in [6, 6.07) is 10.1. The molecular weight excluding hydrogens is 473 g/mol. The van der Waals surface area contributed by atoms with Crippen LogP contribution in [0.3, 0.4) is 0 Å². The molecular formula is C31H45F3N2O. The van der Waals surface area contributed by atoms with Crippen LogP contribution >= 0.6 is 0 Å². The van der Waals surface area contributed by atoms with Gasteiger partial charge in [0.15, 0.2) is 0 Å². The lowest BCUT2D eigenvalue weighted by molar-refractivity contribution is -0.0884. The molecule has 37 heavy (non-hydrogen) atoms. The fourth-order valence-corrected chi connectivity index (χ4v) is 3.99. The second-order valence-corrected chi connectivity index (χ2v) is 9.25. The van der Waals surface area contributed by atoms with E-state index in [4.69, 9.17) is 10.5 Å². The molecule has 0 unspecified atom stereocenters. The predicted octanol–water partition coefficient (Wildman–Crippen LogP) is 8.23. The summed E-state index contributed by atoms with van der Waals surface area (Å²) in [5.41, 5.74) is 10.0. The van der Waals surface area contributed by atoms with Gasteiger partial charge < -0.3 is 15.4 Å². The van der Waals surface area contributed by atoms with E-state index < -0.39 is 11.7 Å². The number of likely N-dealkylation sites (tertiary alicyclic amines) is 1. The fraction of sp³-hybridized carbons (Fsp3) is 0.484. The maximum absolute atomic E-state index is 13.3. The minimum atomic E-state index is -4.34. The van der Waals surface area contributed by atoms with E-state index in [1.165, 1.54) is 23.4 Å². The molecule has 2 N–H and O–H groups in total. The molecule has 206 valence electrons. The zero-order valence-corrected chi connectivity index (χ0v) is 23.6. The first-order chi connectivity index (χ1) is 17.5. The van der Waals surface area contributed by atoms with Gasteiger partial charge in [-0.25, -0.2) is 0 Å². The van der Waals surface area contributed by atoms with Crippen LogP contribution in [0.25, 0.3) is 0 Å². The van der Waals surface area contributed by atoms with Crippen LogP contribution < -0.4 is 5.73 Å². The van der Waals surface area contributed by atoms with Crippen molar-refractivity contribution in [2.75, 3.05) is 26.8 Å². The molecule has 0 aromatic heterocycles. The van der Waals surface area contributed by atoms with Gasteiger partial charge in [0.1, 0.15) is 0 Å². The first-order valence-corrected chi connectivity index (χ1v) is 13.1. The molecule has 0 bridgehead atoms. The van der Waals surface area contributed by atoms with Crippen LogP contribution in [0.2, 0.25) is 0 Å². The third kappa shape index (κ3) is 10.0. The minimum Gasteiger partial charge on any atom is -0.378 e. The van der Waals surface area contributed by atoms with E-state index >= 15 is 0 Å². The Kier molecular flexibility index (Phi) is 13.7. The first-order valence-electron chi connectivity index (χ1n) is 13.1. The van der Waals surface area contributed by atoms with Crippen molar-refractivity contribution in [3.63, 3.8) is 0 Å². The van der Waals surface area contributed by atoms with Crippen LogP contribution in [0.5, 0.6) is 0 Å². The summed E-state index contributed by atoms with van der Waals surface area (Å²) in [4.78, 5) is 2.17. The molecule has 0 radical (unpaired) electrons. The fourth-order valence-electron chi connectivity index (χ4n) is 3.99. The van der Waals surface area contributed by atoms with Gasteiger partial charge in [0.2, 0.25) is 0 Å². The molecule has 2 saturated heterocycles. The molecule has 0 amide bonds. The van der Waals surface area contributed by atoms with E-state index in [2.05, 4.69) is 4.90 Å². The molecule has 0 saturated carbocycles. The van der Waals surface area contributed by atoms with Crippen molar-refractivity contribution < 1.29 is 17.9 Å². The Morgan fingerprint density at radius 3 is 2.16 bits per heavy atom. The maximum Gasteiger partial charge on any atom is 0.416 e. The number of nitrogens with zero attached hydrogens (tertiary/aromatic N) is 1. The van der Waals surface area contributed by atoms with Crippen molar-refractivity contribution >= 4 is 0 Å². The van der Waals surface area contributed by atoms with Gasteiger partial charge in [0, 0.05) is 19.3 Å². The normalized spacial score (nSPS) is 18.6. The van der Waals surface area contributed by atoms with E-state index in [0.717, 1.165) is 30.5 Å². The Balaban J connectivity index is 0.000000432. The van der Waals surface area contributed by atoms with Crippen LogP contribution in [-0.4, -0.2) is 37.9 Å². The zero-order chi connectivity index (χ0) is 28.1. The largest absolute Gasteiger partial charge is 0.416 e. The quantitative estimate of drug-likeness (QED) is 0.386. The van der Waals surface area contributed by atoms with Crippen LogP contribution in [0, 0.1) is 0 Å². The number of hydrogen-bond acceptors (Lipinski definition) is 3. The minimum absolute atomic E-state index is 0.207. The summed E-state index contributed by atoms with van der Waals surface area (Å²) < 4.78 is 44.9. The van der Waals surface area contributed by atoms with E-state index in [0.29, 0.717) is 25.2 Å². The molecule has 2 heterocycles. The number of allylic oxidation sites excluding steroid dienone is 10. The highest BCUT2D eigenvalue weighted by Crippen LogP contribution is 2.32. The van der Waals surface area contributed by atoms with Crippen molar-refractivity contribution in [2.24, 2.45) is 5.73 Å². The molecule has 0 spiro atoms. The average Bonchev–Trinajstić information content (AvgIpc) is 3.26. The summed E-state index contributed by atoms with van der Waals surface area (Å²) in [6.07, 6.45) is 6.13. The topological polar surface area (TPSA) is 38.5 Å². The first kappa shape index (κ1) is 32.5. The lowest BCUT2D eigenvalue weighted by Crippen LogP contribution is -2.54. The Morgan fingerprint density at radius 2 is 1.76 bits per heavy atom. The van der Waals surface area contributed by atoms with Gasteiger partial charge in [-0.2, -0.15) is 13.2 Å². The number of alkyl halides is 3. The van der Waals surface area contributed by atoms with Crippen LogP contribution in [0.15, 0.2) is 88.7 Å². The molecule has 2 aliphatic rings. The van der Waals surface area contributed by atoms with Crippen molar-refractivity contribution in [1.82, 2.24) is 4.90 Å². The Hall–Kier alpha value is -2.57. The predicted molar refractivity (Wildman–Crippen MR) is 150 cm³/mol. The molecule has 0 atom stereocenters. The summed E-state index contributed by atoms with van der Waals surface area (Å²) in [5, 5.41) is 0. The van der Waals surface area contributed by atoms with E-state index in [9.17, 15) is 13.2 Å². The molecule has 0 aliphatic carbocycles. The van der Waals surface area contributed by atoms with Crippen LogP contribution in [0.1, 0.15) is 66.4 Å². The smallest absolute Gasteiger partial charge is 0.378 e. The highest BCUT2D eigenvalue weighted by molar-refractivity contribution is 5.53. The average molecular weight is 519 g/mol. The van der Waals surface area contributed by atoms with Gasteiger partial charge in [-0.15, -0.1) is 0 Å². The van der Waals surface area contributed by atoms with Crippen molar-refractivity contribution in [2.45, 2.75) is 72.5 Å². The number of benzene rings is 1. The van der Waals surface area contributed by atoms with Crippen molar-refractivity contribution in [1.29, 1.82) is 0 Å². The summed E-state index contributed by atoms with van der Waals surface area (Å²) in [5.74, 6) is 0. The number of rotatable bonds is 6. The molecule has 3 rings (SSSR count). The molecule has 2 aliphatic heterocycles. The summed E-state index contributed by atoms with van der Waals surface area (Å²) >= 11 is 0. The SMILES string of the molecule is CC.C\C=C/C(=C\C(=C\CC)C(F)(F)F)C(/C=C1/CCCN1C)=C(C)C.NC1(c2ccccc2)COC1. The maximum atomic E-state index is 13.3. The van der Waals surface area contributed by atoms with Crippen molar-refractivity contribution in [3.8, 4) is 0 Å². The Labute approximate surface area is 222 Å². The van der Waals surface area contributed by atoms with E-state index in [-0.39, 0.29) is 5.54 Å². The number of halogens is 3. The van der Waals surface area contributed by atoms with Gasteiger partial charge in [0.25, 0.3) is 0 Å². The molecule has 2 fully saturated rings. The second kappa shape index (κ2) is 15.6. The zero-order valence-electron chi connectivity index (χ0n) is 23.6. The molecule has 3 nitrogen and oxygen atoms in total. The van der Waals surface area contributed by atoms with Crippen LogP contribution in [-0.2, 0) is 10.3 Å². The summed E-state index contributed by atoms with van der Waals surface area (Å²) in [7, 11) is 2.03. The van der Waals surface area contributed by atoms with E-state index in [1.54, 1.807) is 19.1 Å². The third-order valence-corrected chi connectivity index (χ3v) is 6.05. The number of ether oxygens (including phenoxy) is 1. The third-order valence-electron chi connectivity index (χ3n) is 6.05. The van der Waals surface area contributed by atoms with Gasteiger partial charge in [-0.3, -0.25) is 0 Å². The van der Waals surface area contributed by atoms with Gasteiger partial charge in [-0.1, -0.05) is 74.9 Å². The lowest BCUT2D eigenvalue weighted by Gasteiger charge is -2.38. The highest BCUT2D eigenvalue weighted by Gasteiger charge is 2.35. The Morgan fingerprint density at radius 1 is 1.14 bits per heavy atom. The molecule has 6 heteroatoms. The Bertz CT molecular complexity index is 977. The number of nitrogens with two attached hydrogens (primary N) is 1. The van der Waals surface area contributed by atoms with Crippen molar-refractivity contribution in [3.05, 3.63) is 94.3 Å².